The van der Waals surface area contributed by atoms with Gasteiger partial charge in [0.25, 0.3) is 11.5 Å². The van der Waals surface area contributed by atoms with E-state index in [4.69, 9.17) is 0 Å². The van der Waals surface area contributed by atoms with Crippen LogP contribution in [0, 0.1) is 5.41 Å². The van der Waals surface area contributed by atoms with Crippen molar-refractivity contribution in [2.45, 2.75) is 53.5 Å². The van der Waals surface area contributed by atoms with Gasteiger partial charge in [0, 0.05) is 25.5 Å². The molecule has 0 spiro atoms. The van der Waals surface area contributed by atoms with Gasteiger partial charge in [0.1, 0.15) is 6.33 Å². The number of hydrogen-bond acceptors (Lipinski definition) is 5. The van der Waals surface area contributed by atoms with Gasteiger partial charge in [0.05, 0.1) is 18.7 Å². The van der Waals surface area contributed by atoms with Gasteiger partial charge in [-0.3, -0.25) is 15.0 Å². The summed E-state index contributed by atoms with van der Waals surface area (Å²) in [6, 6.07) is 0.339. The molecule has 0 bridgehead atoms. The maximum Gasteiger partial charge on any atom is 0.300 e. The van der Waals surface area contributed by atoms with Crippen molar-refractivity contribution < 1.29 is 4.79 Å². The van der Waals surface area contributed by atoms with Crippen LogP contribution in [-0.4, -0.2) is 34.7 Å². The highest BCUT2D eigenvalue weighted by atomic mass is 16.2. The average molecular weight is 514 g/mol. The first-order chi connectivity index (χ1) is 18.1. The monoisotopic (exact) mass is 513 g/mol. The molecule has 3 aromatic rings. The summed E-state index contributed by atoms with van der Waals surface area (Å²) in [5, 5.41) is 0. The lowest BCUT2D eigenvalue weighted by Gasteiger charge is -2.37. The summed E-state index contributed by atoms with van der Waals surface area (Å²) in [6.45, 7) is 10.7. The number of carbonyl (C=O) groups is 1. The maximum absolute atomic E-state index is 12.5. The van der Waals surface area contributed by atoms with Crippen molar-refractivity contribution in [3.63, 3.8) is 0 Å². The summed E-state index contributed by atoms with van der Waals surface area (Å²) in [4.78, 5) is 37.4. The van der Waals surface area contributed by atoms with Crippen molar-refractivity contribution in [3.05, 3.63) is 100 Å². The number of hydrogen-bond donors (Lipinski definition) is 1. The van der Waals surface area contributed by atoms with E-state index < -0.39 is 11.5 Å². The molecular formula is C29H35N7O2. The van der Waals surface area contributed by atoms with E-state index >= 15 is 0 Å². The molecule has 3 heterocycles. The van der Waals surface area contributed by atoms with E-state index in [1.807, 2.05) is 43.9 Å². The molecule has 1 aliphatic rings. The molecule has 1 atom stereocenters. The van der Waals surface area contributed by atoms with Gasteiger partial charge in [-0.2, -0.15) is 0 Å². The van der Waals surface area contributed by atoms with E-state index in [-0.39, 0.29) is 10.9 Å². The van der Waals surface area contributed by atoms with E-state index in [0.29, 0.717) is 11.7 Å². The Hall–Kier alpha value is -4.27. The third-order valence-corrected chi connectivity index (χ3v) is 7.02. The van der Waals surface area contributed by atoms with Crippen LogP contribution in [0.15, 0.2) is 94.9 Å². The van der Waals surface area contributed by atoms with Gasteiger partial charge in [0.15, 0.2) is 11.2 Å². The number of nitrogens with zero attached hydrogens (tertiary/aromatic N) is 6. The summed E-state index contributed by atoms with van der Waals surface area (Å²) < 4.78 is 4.88. The third kappa shape index (κ3) is 5.82. The highest BCUT2D eigenvalue weighted by Gasteiger charge is 2.32. The average Bonchev–Trinajstić information content (AvgIpc) is 3.51. The number of imidazole rings is 2. The molecule has 1 aliphatic carbocycles. The van der Waals surface area contributed by atoms with Gasteiger partial charge in [-0.1, -0.05) is 49.8 Å². The number of aromatic nitrogens is 6. The molecule has 0 aliphatic heterocycles. The largest absolute Gasteiger partial charge is 0.330 e. The highest BCUT2D eigenvalue weighted by molar-refractivity contribution is 5.95. The van der Waals surface area contributed by atoms with Crippen molar-refractivity contribution in [1.29, 1.82) is 0 Å². The second-order valence-corrected chi connectivity index (χ2v) is 10.5. The Morgan fingerprint density at radius 3 is 2.66 bits per heavy atom. The number of amides is 1. The minimum Gasteiger partial charge on any atom is -0.330 e. The maximum atomic E-state index is 12.5. The quantitative estimate of drug-likeness (QED) is 0.362. The summed E-state index contributed by atoms with van der Waals surface area (Å²) in [6.07, 6.45) is 22.3. The second kappa shape index (κ2) is 11.0. The Balaban J connectivity index is 1.42. The molecule has 3 aromatic heterocycles. The fourth-order valence-electron chi connectivity index (χ4n) is 4.86. The summed E-state index contributed by atoms with van der Waals surface area (Å²) in [7, 11) is 1.75. The minimum absolute atomic E-state index is 0.110. The normalized spacial score (nSPS) is 18.7. The molecule has 0 aromatic carbocycles. The van der Waals surface area contributed by atoms with E-state index in [1.54, 1.807) is 11.6 Å². The number of nitrogens with one attached hydrogen (secondary N) is 1. The zero-order valence-corrected chi connectivity index (χ0v) is 22.8. The molecule has 1 N–H and O–H groups in total. The van der Waals surface area contributed by atoms with E-state index in [2.05, 4.69) is 64.8 Å². The Bertz CT molecular complexity index is 1540. The Kier molecular flexibility index (Phi) is 7.75. The molecule has 9 heteroatoms. The summed E-state index contributed by atoms with van der Waals surface area (Å²) in [5.74, 6) is -0.429. The zero-order chi connectivity index (χ0) is 27.4. The topological polar surface area (TPSA) is 99.6 Å². The lowest BCUT2D eigenvalue weighted by atomic mass is 9.71. The van der Waals surface area contributed by atoms with Crippen LogP contribution < -0.4 is 11.0 Å². The molecule has 38 heavy (non-hydrogen) atoms. The van der Waals surface area contributed by atoms with E-state index in [1.165, 1.54) is 29.9 Å². The Labute approximate surface area is 222 Å². The van der Waals surface area contributed by atoms with Gasteiger partial charge in [-0.05, 0) is 55.7 Å². The second-order valence-electron chi connectivity index (χ2n) is 10.5. The lowest BCUT2D eigenvalue weighted by Crippen LogP contribution is -2.32. The Morgan fingerprint density at radius 1 is 1.13 bits per heavy atom. The highest BCUT2D eigenvalue weighted by Crippen LogP contribution is 2.45. The van der Waals surface area contributed by atoms with Gasteiger partial charge in [-0.25, -0.2) is 19.6 Å². The smallest absolute Gasteiger partial charge is 0.300 e. The molecule has 4 rings (SSSR count). The van der Waals surface area contributed by atoms with Crippen molar-refractivity contribution in [1.82, 2.24) is 28.8 Å². The van der Waals surface area contributed by atoms with Crippen LogP contribution in [0.3, 0.4) is 0 Å². The molecule has 198 valence electrons. The number of carbonyl (C=O) groups excluding carboxylic acids is 1. The first-order valence-electron chi connectivity index (χ1n) is 12.7. The Morgan fingerprint density at radius 2 is 1.92 bits per heavy atom. The molecule has 1 amide bonds. The molecule has 0 saturated carbocycles. The SMILES string of the molecule is CC(C=CC1=C(C)C(n2ccnc2)CCC1(C)C)=CC=CC(C)=CC(=O)Nn1cnc2c(ncn2C)c1=O. The predicted molar refractivity (Wildman–Crippen MR) is 150 cm³/mol. The van der Waals surface area contributed by atoms with E-state index in [0.717, 1.165) is 28.7 Å². The van der Waals surface area contributed by atoms with Gasteiger partial charge >= 0.3 is 0 Å². The zero-order valence-electron chi connectivity index (χ0n) is 22.8. The number of allylic oxidation sites excluding steroid dienone is 9. The fourth-order valence-corrected chi connectivity index (χ4v) is 4.86. The predicted octanol–water partition coefficient (Wildman–Crippen LogP) is 4.78. The molecule has 0 fully saturated rings. The molecule has 1 unspecified atom stereocenters. The first-order valence-corrected chi connectivity index (χ1v) is 12.7. The van der Waals surface area contributed by atoms with E-state index in [9.17, 15) is 9.59 Å². The fraction of sp³-hybridized carbons (Fsp3) is 0.345. The lowest BCUT2D eigenvalue weighted by molar-refractivity contribution is -0.112. The molecule has 0 saturated heterocycles. The van der Waals surface area contributed by atoms with Crippen molar-refractivity contribution >= 4 is 17.1 Å². The first kappa shape index (κ1) is 26.8. The van der Waals surface area contributed by atoms with Crippen LogP contribution in [0.2, 0.25) is 0 Å². The van der Waals surface area contributed by atoms with Crippen LogP contribution >= 0.6 is 0 Å². The summed E-state index contributed by atoms with van der Waals surface area (Å²) in [5.41, 5.74) is 7.44. The van der Waals surface area contributed by atoms with Crippen LogP contribution in [-0.2, 0) is 11.8 Å². The number of aryl methyl sites for hydroxylation is 1. The number of fused-ring (bicyclic) bond motifs is 1. The summed E-state index contributed by atoms with van der Waals surface area (Å²) >= 11 is 0. The van der Waals surface area contributed by atoms with Gasteiger partial charge in [0.2, 0.25) is 0 Å². The van der Waals surface area contributed by atoms with Crippen LogP contribution in [0.1, 0.15) is 53.5 Å². The minimum atomic E-state index is -0.432. The van der Waals surface area contributed by atoms with Crippen LogP contribution in [0.4, 0.5) is 0 Å². The third-order valence-electron chi connectivity index (χ3n) is 7.02. The van der Waals surface area contributed by atoms with Gasteiger partial charge in [-0.15, -0.1) is 0 Å². The molecular weight excluding hydrogens is 478 g/mol. The van der Waals surface area contributed by atoms with Crippen LogP contribution in [0.25, 0.3) is 11.2 Å². The van der Waals surface area contributed by atoms with Crippen molar-refractivity contribution in [2.75, 3.05) is 5.43 Å². The van der Waals surface area contributed by atoms with Crippen molar-refractivity contribution in [2.24, 2.45) is 12.5 Å². The number of rotatable bonds is 7. The van der Waals surface area contributed by atoms with Crippen LogP contribution in [0.5, 0.6) is 0 Å². The van der Waals surface area contributed by atoms with Gasteiger partial charge < -0.3 is 9.13 Å². The molecule has 0 radical (unpaired) electrons. The van der Waals surface area contributed by atoms with Crippen molar-refractivity contribution in [3.8, 4) is 0 Å². The standard InChI is InChI=1S/C29H35N7O2/c1-20(10-11-23-22(3)24(12-13-29(23,4)5)35-15-14-30-17-35)8-7-9-21(2)16-25(37)33-36-19-32-27-26(28(36)38)31-18-34(27)6/h7-11,14-19,24H,12-13H2,1-6H3,(H,33,37). The molecule has 9 nitrogen and oxygen atoms in total.